The van der Waals surface area contributed by atoms with Gasteiger partial charge in [-0.3, -0.25) is 4.79 Å². The Balaban J connectivity index is 2.04. The van der Waals surface area contributed by atoms with Crippen molar-refractivity contribution in [3.63, 3.8) is 0 Å². The molecule has 0 saturated heterocycles. The molecule has 22 heavy (non-hydrogen) atoms. The minimum absolute atomic E-state index is 0.000889. The van der Waals surface area contributed by atoms with Gasteiger partial charge in [-0.05, 0) is 35.8 Å². The predicted molar refractivity (Wildman–Crippen MR) is 93.1 cm³/mol. The monoisotopic (exact) mass is 333 g/mol. The van der Waals surface area contributed by atoms with Crippen LogP contribution in [0.1, 0.15) is 30.5 Å². The van der Waals surface area contributed by atoms with Crippen molar-refractivity contribution in [3.05, 3.63) is 75.8 Å². The lowest BCUT2D eigenvalue weighted by Gasteiger charge is -2.16. The van der Waals surface area contributed by atoms with Crippen molar-refractivity contribution in [2.24, 2.45) is 0 Å². The fourth-order valence-electron chi connectivity index (χ4n) is 2.13. The molecular formula is C18H17Cl2NO. The second-order valence-electron chi connectivity index (χ2n) is 4.88. The summed E-state index contributed by atoms with van der Waals surface area (Å²) in [5.41, 5.74) is 1.85. The van der Waals surface area contributed by atoms with E-state index in [1.807, 2.05) is 37.3 Å². The van der Waals surface area contributed by atoms with Crippen molar-refractivity contribution in [3.8, 4) is 0 Å². The van der Waals surface area contributed by atoms with Gasteiger partial charge in [-0.1, -0.05) is 66.5 Å². The van der Waals surface area contributed by atoms with Gasteiger partial charge in [-0.15, -0.1) is 0 Å². The Morgan fingerprint density at radius 3 is 2.55 bits per heavy atom. The molecule has 114 valence electrons. The summed E-state index contributed by atoms with van der Waals surface area (Å²) >= 11 is 11.9. The molecule has 0 fully saturated rings. The maximum Gasteiger partial charge on any atom is 0.244 e. The standard InChI is InChI=1S/C18H17Cl2NO/c1-2-17(14-6-4-3-5-7-14)21-18(22)11-9-13-8-10-15(19)12-16(13)20/h3-12,17H,2H2,1H3,(H,21,22)/b11-9+/t17-/m0/s1. The van der Waals surface area contributed by atoms with Crippen molar-refractivity contribution in [2.45, 2.75) is 19.4 Å². The van der Waals surface area contributed by atoms with E-state index < -0.39 is 0 Å². The molecule has 0 aliphatic rings. The number of rotatable bonds is 5. The third kappa shape index (κ3) is 4.62. The van der Waals surface area contributed by atoms with Gasteiger partial charge in [0.2, 0.25) is 5.91 Å². The van der Waals surface area contributed by atoms with Crippen LogP contribution >= 0.6 is 23.2 Å². The number of benzene rings is 2. The molecule has 0 spiro atoms. The van der Waals surface area contributed by atoms with Gasteiger partial charge in [0.05, 0.1) is 6.04 Å². The molecule has 0 aromatic heterocycles. The highest BCUT2D eigenvalue weighted by molar-refractivity contribution is 6.35. The van der Waals surface area contributed by atoms with Crippen molar-refractivity contribution in [1.82, 2.24) is 5.32 Å². The molecule has 2 aromatic rings. The summed E-state index contributed by atoms with van der Waals surface area (Å²) in [4.78, 5) is 12.1. The maximum atomic E-state index is 12.1. The van der Waals surface area contributed by atoms with E-state index in [9.17, 15) is 4.79 Å². The quantitative estimate of drug-likeness (QED) is 0.741. The maximum absolute atomic E-state index is 12.1. The van der Waals surface area contributed by atoms with Crippen LogP contribution in [0.4, 0.5) is 0 Å². The molecule has 0 saturated carbocycles. The molecule has 4 heteroatoms. The SMILES string of the molecule is CC[C@H](NC(=O)/C=C/c1ccc(Cl)cc1Cl)c1ccccc1. The molecule has 0 aliphatic carbocycles. The Morgan fingerprint density at radius 2 is 1.91 bits per heavy atom. The molecule has 0 bridgehead atoms. The lowest BCUT2D eigenvalue weighted by molar-refractivity contribution is -0.117. The van der Waals surface area contributed by atoms with E-state index in [1.165, 1.54) is 6.08 Å². The van der Waals surface area contributed by atoms with Gasteiger partial charge in [0.1, 0.15) is 0 Å². The molecule has 0 aliphatic heterocycles. The number of halogens is 2. The number of carbonyl (C=O) groups excluding carboxylic acids is 1. The third-order valence-corrected chi connectivity index (χ3v) is 3.87. The van der Waals surface area contributed by atoms with Crippen molar-refractivity contribution < 1.29 is 4.79 Å². The third-order valence-electron chi connectivity index (χ3n) is 3.30. The van der Waals surface area contributed by atoms with E-state index in [-0.39, 0.29) is 11.9 Å². The zero-order valence-corrected chi connectivity index (χ0v) is 13.7. The summed E-state index contributed by atoms with van der Waals surface area (Å²) in [5.74, 6) is -0.151. The van der Waals surface area contributed by atoms with Crippen LogP contribution in [0.25, 0.3) is 6.08 Å². The zero-order chi connectivity index (χ0) is 15.9. The highest BCUT2D eigenvalue weighted by Gasteiger charge is 2.10. The summed E-state index contributed by atoms with van der Waals surface area (Å²) in [6.07, 6.45) is 4.00. The van der Waals surface area contributed by atoms with Crippen LogP contribution in [0.3, 0.4) is 0 Å². The summed E-state index contributed by atoms with van der Waals surface area (Å²) in [7, 11) is 0. The van der Waals surface area contributed by atoms with E-state index in [2.05, 4.69) is 5.32 Å². The van der Waals surface area contributed by atoms with Crippen molar-refractivity contribution in [1.29, 1.82) is 0 Å². The molecule has 1 atom stereocenters. The number of nitrogens with one attached hydrogen (secondary N) is 1. The van der Waals surface area contributed by atoms with Gasteiger partial charge < -0.3 is 5.32 Å². The van der Waals surface area contributed by atoms with Gasteiger partial charge in [0.25, 0.3) is 0 Å². The Morgan fingerprint density at radius 1 is 1.18 bits per heavy atom. The molecule has 0 heterocycles. The highest BCUT2D eigenvalue weighted by Crippen LogP contribution is 2.22. The Labute approximate surface area is 140 Å². The molecular weight excluding hydrogens is 317 g/mol. The molecule has 1 amide bonds. The summed E-state index contributed by atoms with van der Waals surface area (Å²) in [5, 5.41) is 4.08. The Kier molecular flexibility index (Phi) is 6.05. The Hall–Kier alpha value is -1.77. The number of hydrogen-bond acceptors (Lipinski definition) is 1. The lowest BCUT2D eigenvalue weighted by atomic mass is 10.0. The van der Waals surface area contributed by atoms with E-state index in [0.717, 1.165) is 17.5 Å². The van der Waals surface area contributed by atoms with E-state index in [4.69, 9.17) is 23.2 Å². The normalized spacial score (nSPS) is 12.3. The van der Waals surface area contributed by atoms with Crippen LogP contribution in [0.15, 0.2) is 54.6 Å². The first-order valence-corrected chi connectivity index (χ1v) is 7.84. The molecule has 2 nitrogen and oxygen atoms in total. The van der Waals surface area contributed by atoms with Gasteiger partial charge in [-0.25, -0.2) is 0 Å². The van der Waals surface area contributed by atoms with Gasteiger partial charge in [0.15, 0.2) is 0 Å². The van der Waals surface area contributed by atoms with Gasteiger partial charge in [-0.2, -0.15) is 0 Å². The number of carbonyl (C=O) groups is 1. The minimum atomic E-state index is -0.151. The average Bonchev–Trinajstić information content (AvgIpc) is 2.52. The fourth-order valence-corrected chi connectivity index (χ4v) is 2.60. The first kappa shape index (κ1) is 16.6. The van der Waals surface area contributed by atoms with Gasteiger partial charge >= 0.3 is 0 Å². The average molecular weight is 334 g/mol. The van der Waals surface area contributed by atoms with E-state index >= 15 is 0 Å². The fraction of sp³-hybridized carbons (Fsp3) is 0.167. The zero-order valence-electron chi connectivity index (χ0n) is 12.2. The van der Waals surface area contributed by atoms with Crippen LogP contribution in [0, 0.1) is 0 Å². The second kappa shape index (κ2) is 8.02. The minimum Gasteiger partial charge on any atom is -0.346 e. The highest BCUT2D eigenvalue weighted by atomic mass is 35.5. The summed E-state index contributed by atoms with van der Waals surface area (Å²) in [6, 6.07) is 15.1. The van der Waals surface area contributed by atoms with Crippen molar-refractivity contribution >= 4 is 35.2 Å². The molecule has 2 rings (SSSR count). The van der Waals surface area contributed by atoms with Crippen LogP contribution in [-0.4, -0.2) is 5.91 Å². The molecule has 2 aromatic carbocycles. The van der Waals surface area contributed by atoms with E-state index in [0.29, 0.717) is 10.0 Å². The lowest BCUT2D eigenvalue weighted by Crippen LogP contribution is -2.26. The molecule has 0 unspecified atom stereocenters. The first-order valence-electron chi connectivity index (χ1n) is 7.08. The largest absolute Gasteiger partial charge is 0.346 e. The van der Waals surface area contributed by atoms with Crippen LogP contribution in [0.2, 0.25) is 10.0 Å². The predicted octanol–water partition coefficient (Wildman–Crippen LogP) is 5.27. The van der Waals surface area contributed by atoms with Crippen LogP contribution in [0.5, 0.6) is 0 Å². The first-order chi connectivity index (χ1) is 10.6. The van der Waals surface area contributed by atoms with Crippen LogP contribution in [-0.2, 0) is 4.79 Å². The summed E-state index contributed by atoms with van der Waals surface area (Å²) in [6.45, 7) is 2.04. The van der Waals surface area contributed by atoms with Gasteiger partial charge in [0, 0.05) is 16.1 Å². The molecule has 1 N–H and O–H groups in total. The van der Waals surface area contributed by atoms with Crippen LogP contribution < -0.4 is 5.32 Å². The Bertz CT molecular complexity index is 668. The second-order valence-corrected chi connectivity index (χ2v) is 5.72. The smallest absolute Gasteiger partial charge is 0.244 e. The molecule has 0 radical (unpaired) electrons. The summed E-state index contributed by atoms with van der Waals surface area (Å²) < 4.78 is 0. The van der Waals surface area contributed by atoms with Crippen molar-refractivity contribution in [2.75, 3.05) is 0 Å². The topological polar surface area (TPSA) is 29.1 Å². The number of amides is 1. The van der Waals surface area contributed by atoms with E-state index in [1.54, 1.807) is 24.3 Å². The number of hydrogen-bond donors (Lipinski definition) is 1.